The summed E-state index contributed by atoms with van der Waals surface area (Å²) in [7, 11) is 1.62. The van der Waals surface area contributed by atoms with Crippen LogP contribution >= 0.6 is 15.9 Å². The first kappa shape index (κ1) is 16.5. The van der Waals surface area contributed by atoms with Crippen LogP contribution in [-0.4, -0.2) is 13.9 Å². The van der Waals surface area contributed by atoms with Crippen LogP contribution in [0.15, 0.2) is 10.5 Å². The molecule has 1 aromatic carbocycles. The molecule has 0 bridgehead atoms. The van der Waals surface area contributed by atoms with Gasteiger partial charge in [0.15, 0.2) is 6.79 Å². The van der Waals surface area contributed by atoms with E-state index in [0.29, 0.717) is 0 Å². The van der Waals surface area contributed by atoms with E-state index in [4.69, 9.17) is 9.47 Å². The van der Waals surface area contributed by atoms with Gasteiger partial charge in [-0.3, -0.25) is 0 Å². The number of halogens is 1. The van der Waals surface area contributed by atoms with Crippen molar-refractivity contribution >= 4 is 15.9 Å². The highest BCUT2D eigenvalue weighted by atomic mass is 79.9. The normalized spacial score (nSPS) is 12.6. The van der Waals surface area contributed by atoms with E-state index in [1.54, 1.807) is 7.11 Å². The van der Waals surface area contributed by atoms with Crippen LogP contribution in [0.2, 0.25) is 0 Å². The zero-order valence-corrected chi connectivity index (χ0v) is 14.6. The van der Waals surface area contributed by atoms with Gasteiger partial charge in [-0.25, -0.2) is 0 Å². The van der Waals surface area contributed by atoms with Gasteiger partial charge in [0, 0.05) is 18.7 Å². The highest BCUT2D eigenvalue weighted by Gasteiger charge is 2.25. The maximum absolute atomic E-state index is 5.71. The molecule has 0 aromatic heterocycles. The highest BCUT2D eigenvalue weighted by molar-refractivity contribution is 9.10. The number of ether oxygens (including phenoxy) is 2. The van der Waals surface area contributed by atoms with Gasteiger partial charge in [-0.05, 0) is 32.3 Å². The van der Waals surface area contributed by atoms with E-state index in [2.05, 4.69) is 69.6 Å². The van der Waals surface area contributed by atoms with Gasteiger partial charge in [0.2, 0.25) is 0 Å². The molecule has 0 fully saturated rings. The summed E-state index contributed by atoms with van der Waals surface area (Å²) < 4.78 is 11.6. The molecule has 19 heavy (non-hydrogen) atoms. The largest absolute Gasteiger partial charge is 0.466 e. The molecule has 0 aliphatic rings. The third-order valence-electron chi connectivity index (χ3n) is 2.91. The molecule has 0 spiro atoms. The molecule has 0 aliphatic carbocycles. The lowest BCUT2D eigenvalue weighted by atomic mass is 9.80. The molecule has 0 saturated carbocycles. The standard InChI is InChI=1S/C16H24BrO2/c1-15(2,3)11-8-12(16(4,5)6)14(13(17)9-11)19-10-18-7/h8H,10H2,1-7H3. The monoisotopic (exact) mass is 327 g/mol. The molecular weight excluding hydrogens is 304 g/mol. The fraction of sp³-hybridized carbons (Fsp3) is 0.625. The Labute approximate surface area is 125 Å². The fourth-order valence-corrected chi connectivity index (χ4v) is 2.30. The summed E-state index contributed by atoms with van der Waals surface area (Å²) in [6.45, 7) is 13.3. The van der Waals surface area contributed by atoms with E-state index in [1.807, 2.05) is 0 Å². The van der Waals surface area contributed by atoms with Crippen LogP contribution < -0.4 is 4.74 Å². The Kier molecular flexibility index (Phi) is 5.08. The predicted octanol–water partition coefficient (Wildman–Crippen LogP) is 4.83. The second kappa shape index (κ2) is 5.84. The SMILES string of the molecule is COCOc1c(Br)[c]c(C(C)(C)C)cc1C(C)(C)C. The fourth-order valence-electron chi connectivity index (χ4n) is 1.76. The van der Waals surface area contributed by atoms with Crippen LogP contribution in [-0.2, 0) is 15.6 Å². The number of benzene rings is 1. The molecule has 107 valence electrons. The number of methoxy groups -OCH3 is 1. The van der Waals surface area contributed by atoms with Crippen molar-refractivity contribution in [3.05, 3.63) is 27.7 Å². The third kappa shape index (κ3) is 4.22. The van der Waals surface area contributed by atoms with Crippen molar-refractivity contribution in [3.8, 4) is 5.75 Å². The molecule has 0 N–H and O–H groups in total. The van der Waals surface area contributed by atoms with E-state index < -0.39 is 0 Å². The van der Waals surface area contributed by atoms with Crippen LogP contribution in [0.4, 0.5) is 0 Å². The molecular formula is C16H24BrO2. The van der Waals surface area contributed by atoms with Gasteiger partial charge in [0.05, 0.1) is 4.47 Å². The average molecular weight is 328 g/mol. The van der Waals surface area contributed by atoms with Crippen molar-refractivity contribution in [1.82, 2.24) is 0 Å². The predicted molar refractivity (Wildman–Crippen MR) is 82.9 cm³/mol. The van der Waals surface area contributed by atoms with Crippen molar-refractivity contribution in [1.29, 1.82) is 0 Å². The van der Waals surface area contributed by atoms with E-state index in [-0.39, 0.29) is 17.6 Å². The molecule has 0 heterocycles. The second-order valence-corrected chi connectivity index (χ2v) is 7.58. The first-order valence-corrected chi connectivity index (χ1v) is 7.25. The Morgan fingerprint density at radius 1 is 1.11 bits per heavy atom. The molecule has 1 rings (SSSR count). The molecule has 1 radical (unpaired) electrons. The van der Waals surface area contributed by atoms with Crippen LogP contribution in [0.5, 0.6) is 5.75 Å². The summed E-state index contributed by atoms with van der Waals surface area (Å²) >= 11 is 3.58. The Balaban J connectivity index is 3.39. The topological polar surface area (TPSA) is 18.5 Å². The van der Waals surface area contributed by atoms with Crippen LogP contribution in [0.25, 0.3) is 0 Å². The lowest BCUT2D eigenvalue weighted by molar-refractivity contribution is 0.0492. The minimum Gasteiger partial charge on any atom is -0.466 e. The van der Waals surface area contributed by atoms with Gasteiger partial charge >= 0.3 is 0 Å². The Hall–Kier alpha value is -0.540. The lowest BCUT2D eigenvalue weighted by Crippen LogP contribution is -2.18. The van der Waals surface area contributed by atoms with Gasteiger partial charge in [0.1, 0.15) is 5.75 Å². The molecule has 0 amide bonds. The van der Waals surface area contributed by atoms with Crippen molar-refractivity contribution in [2.75, 3.05) is 13.9 Å². The van der Waals surface area contributed by atoms with E-state index in [1.165, 1.54) is 11.1 Å². The van der Waals surface area contributed by atoms with Crippen molar-refractivity contribution in [2.24, 2.45) is 0 Å². The Morgan fingerprint density at radius 3 is 2.11 bits per heavy atom. The van der Waals surface area contributed by atoms with Crippen LogP contribution in [0.1, 0.15) is 52.7 Å². The highest BCUT2D eigenvalue weighted by Crippen LogP contribution is 2.40. The maximum atomic E-state index is 5.71. The zero-order valence-electron chi connectivity index (χ0n) is 13.0. The summed E-state index contributed by atoms with van der Waals surface area (Å²) in [6, 6.07) is 5.56. The quantitative estimate of drug-likeness (QED) is 0.740. The minimum atomic E-state index is 0.000689. The zero-order chi connectivity index (χ0) is 14.8. The van der Waals surface area contributed by atoms with Crippen molar-refractivity contribution in [2.45, 2.75) is 52.4 Å². The van der Waals surface area contributed by atoms with Gasteiger partial charge in [0.25, 0.3) is 0 Å². The second-order valence-electron chi connectivity index (χ2n) is 6.79. The molecule has 3 heteroatoms. The summed E-state index contributed by atoms with van der Waals surface area (Å²) in [5, 5.41) is 0. The van der Waals surface area contributed by atoms with Gasteiger partial charge in [-0.1, -0.05) is 47.6 Å². The van der Waals surface area contributed by atoms with E-state index in [9.17, 15) is 0 Å². The Morgan fingerprint density at radius 2 is 1.68 bits per heavy atom. The molecule has 0 saturated heterocycles. The summed E-state index contributed by atoms with van der Waals surface area (Å²) in [4.78, 5) is 0. The first-order chi connectivity index (χ1) is 8.57. The third-order valence-corrected chi connectivity index (χ3v) is 3.47. The number of rotatable bonds is 3. The molecule has 1 aromatic rings. The number of hydrogen-bond donors (Lipinski definition) is 0. The van der Waals surface area contributed by atoms with Gasteiger partial charge in [-0.2, -0.15) is 0 Å². The molecule has 0 atom stereocenters. The molecule has 0 aliphatic heterocycles. The molecule has 2 nitrogen and oxygen atoms in total. The Bertz CT molecular complexity index is 439. The van der Waals surface area contributed by atoms with Crippen LogP contribution in [0.3, 0.4) is 0 Å². The summed E-state index contributed by atoms with van der Waals surface area (Å²) in [5.74, 6) is 0.822. The minimum absolute atomic E-state index is 0.000689. The maximum Gasteiger partial charge on any atom is 0.188 e. The van der Waals surface area contributed by atoms with E-state index in [0.717, 1.165) is 10.2 Å². The summed E-state index contributed by atoms with van der Waals surface area (Å²) in [5.41, 5.74) is 2.40. The van der Waals surface area contributed by atoms with Crippen molar-refractivity contribution in [3.63, 3.8) is 0 Å². The lowest BCUT2D eigenvalue weighted by Gasteiger charge is -2.27. The van der Waals surface area contributed by atoms with E-state index >= 15 is 0 Å². The smallest absolute Gasteiger partial charge is 0.188 e. The first-order valence-electron chi connectivity index (χ1n) is 6.46. The molecule has 0 unspecified atom stereocenters. The van der Waals surface area contributed by atoms with Crippen LogP contribution in [0, 0.1) is 6.07 Å². The van der Waals surface area contributed by atoms with Gasteiger partial charge in [-0.15, -0.1) is 0 Å². The van der Waals surface area contributed by atoms with Crippen molar-refractivity contribution < 1.29 is 9.47 Å². The number of hydrogen-bond acceptors (Lipinski definition) is 2. The van der Waals surface area contributed by atoms with Gasteiger partial charge < -0.3 is 9.47 Å². The average Bonchev–Trinajstić information content (AvgIpc) is 2.23. The summed E-state index contributed by atoms with van der Waals surface area (Å²) in [6.07, 6.45) is 0.